The molecule has 1 aliphatic heterocycles. The zero-order valence-corrected chi connectivity index (χ0v) is 8.18. The number of hydrogen-bond donors (Lipinski definition) is 2. The molecule has 5 nitrogen and oxygen atoms in total. The van der Waals surface area contributed by atoms with E-state index < -0.39 is 0 Å². The fourth-order valence-corrected chi connectivity index (χ4v) is 1.84. The fraction of sp³-hybridized carbons (Fsp3) is 0.714. The maximum atomic E-state index is 5.71. The molecule has 0 aliphatic carbocycles. The van der Waals surface area contributed by atoms with Gasteiger partial charge in [-0.15, -0.1) is 5.10 Å². The summed E-state index contributed by atoms with van der Waals surface area (Å²) in [6.45, 7) is 5.08. The zero-order valence-electron chi connectivity index (χ0n) is 7.36. The van der Waals surface area contributed by atoms with E-state index in [1.165, 1.54) is 11.5 Å². The molecular weight excluding hydrogens is 186 g/mol. The Morgan fingerprint density at radius 1 is 1.46 bits per heavy atom. The van der Waals surface area contributed by atoms with E-state index in [9.17, 15) is 0 Å². The predicted octanol–water partition coefficient (Wildman–Crippen LogP) is -0.474. The molecule has 13 heavy (non-hydrogen) atoms. The normalized spacial score (nSPS) is 19.1. The van der Waals surface area contributed by atoms with Crippen molar-refractivity contribution in [3.8, 4) is 0 Å². The first kappa shape index (κ1) is 8.86. The third-order valence-corrected chi connectivity index (χ3v) is 2.76. The van der Waals surface area contributed by atoms with Crippen LogP contribution in [-0.2, 0) is 6.54 Å². The molecule has 0 radical (unpaired) electrons. The zero-order chi connectivity index (χ0) is 9.10. The Hall–Kier alpha value is -0.720. The molecule has 2 heterocycles. The summed E-state index contributed by atoms with van der Waals surface area (Å²) in [6, 6.07) is 0. The number of anilines is 1. The Balaban J connectivity index is 1.93. The van der Waals surface area contributed by atoms with E-state index >= 15 is 0 Å². The van der Waals surface area contributed by atoms with Gasteiger partial charge in [0.25, 0.3) is 0 Å². The van der Waals surface area contributed by atoms with Gasteiger partial charge in [-0.25, -0.2) is 0 Å². The number of nitrogens with zero attached hydrogens (tertiary/aromatic N) is 3. The van der Waals surface area contributed by atoms with Crippen LogP contribution in [0, 0.1) is 0 Å². The molecule has 0 saturated carbocycles. The molecule has 0 amide bonds. The molecule has 1 aliphatic rings. The third kappa shape index (κ3) is 2.15. The van der Waals surface area contributed by atoms with E-state index in [1.54, 1.807) is 0 Å². The van der Waals surface area contributed by atoms with Crippen molar-refractivity contribution in [3.05, 3.63) is 5.69 Å². The van der Waals surface area contributed by atoms with Crippen molar-refractivity contribution >= 4 is 16.5 Å². The average Bonchev–Trinajstić information content (AvgIpc) is 2.54. The summed E-state index contributed by atoms with van der Waals surface area (Å²) in [5, 5.41) is 8.04. The molecule has 3 N–H and O–H groups in total. The van der Waals surface area contributed by atoms with E-state index in [1.807, 2.05) is 0 Å². The number of nitrogens with one attached hydrogen (secondary N) is 1. The van der Waals surface area contributed by atoms with Gasteiger partial charge in [-0.05, 0) is 0 Å². The van der Waals surface area contributed by atoms with Crippen molar-refractivity contribution in [2.24, 2.45) is 0 Å². The smallest absolute Gasteiger partial charge is 0.132 e. The number of nitrogen functional groups attached to an aromatic ring is 1. The van der Waals surface area contributed by atoms with Crippen LogP contribution in [0.3, 0.4) is 0 Å². The number of aromatic nitrogens is 2. The minimum Gasteiger partial charge on any atom is -0.388 e. The molecule has 0 spiro atoms. The van der Waals surface area contributed by atoms with Crippen LogP contribution < -0.4 is 11.1 Å². The maximum absolute atomic E-state index is 5.71. The quantitative estimate of drug-likeness (QED) is 0.674. The average molecular weight is 199 g/mol. The first-order valence-electron chi connectivity index (χ1n) is 4.36. The lowest BCUT2D eigenvalue weighted by atomic mass is 10.3. The number of nitrogens with two attached hydrogens (primary N) is 1. The molecule has 72 valence electrons. The second-order valence-corrected chi connectivity index (χ2v) is 3.90. The molecule has 0 unspecified atom stereocenters. The lowest BCUT2D eigenvalue weighted by Crippen LogP contribution is -2.43. The van der Waals surface area contributed by atoms with Gasteiger partial charge in [-0.1, -0.05) is 4.49 Å². The lowest BCUT2D eigenvalue weighted by molar-refractivity contribution is 0.231. The minimum absolute atomic E-state index is 0.749. The van der Waals surface area contributed by atoms with E-state index in [2.05, 4.69) is 19.8 Å². The molecule has 0 atom stereocenters. The molecule has 0 aromatic carbocycles. The monoisotopic (exact) mass is 199 g/mol. The summed E-state index contributed by atoms with van der Waals surface area (Å²) in [4.78, 5) is 2.34. The lowest BCUT2D eigenvalue weighted by Gasteiger charge is -2.26. The topological polar surface area (TPSA) is 67.1 Å². The van der Waals surface area contributed by atoms with Crippen LogP contribution in [0.2, 0.25) is 0 Å². The fourth-order valence-electron chi connectivity index (χ4n) is 1.41. The number of rotatable bonds is 2. The van der Waals surface area contributed by atoms with Gasteiger partial charge in [0, 0.05) is 44.3 Å². The molecule has 1 saturated heterocycles. The molecule has 6 heteroatoms. The number of hydrogen-bond acceptors (Lipinski definition) is 6. The van der Waals surface area contributed by atoms with Crippen LogP contribution in [0.5, 0.6) is 0 Å². The highest BCUT2D eigenvalue weighted by Gasteiger charge is 2.13. The Morgan fingerprint density at radius 3 is 2.85 bits per heavy atom. The standard InChI is InChI=1S/C7H13N5S/c8-7-6(10-11-13-7)5-12-3-1-9-2-4-12/h9H,1-5,8H2. The maximum Gasteiger partial charge on any atom is 0.132 e. The Morgan fingerprint density at radius 2 is 2.23 bits per heavy atom. The van der Waals surface area contributed by atoms with Crippen LogP contribution in [0.15, 0.2) is 0 Å². The van der Waals surface area contributed by atoms with Crippen molar-refractivity contribution in [3.63, 3.8) is 0 Å². The summed E-state index contributed by atoms with van der Waals surface area (Å²) >= 11 is 1.27. The summed E-state index contributed by atoms with van der Waals surface area (Å²) < 4.78 is 3.81. The van der Waals surface area contributed by atoms with Crippen LogP contribution in [0.25, 0.3) is 0 Å². The first-order chi connectivity index (χ1) is 6.36. The van der Waals surface area contributed by atoms with Crippen LogP contribution >= 0.6 is 11.5 Å². The molecule has 1 aromatic heterocycles. The van der Waals surface area contributed by atoms with Gasteiger partial charge in [-0.2, -0.15) is 0 Å². The SMILES string of the molecule is Nc1snnc1CN1CCNCC1. The van der Waals surface area contributed by atoms with E-state index in [0.29, 0.717) is 0 Å². The van der Waals surface area contributed by atoms with E-state index in [-0.39, 0.29) is 0 Å². The summed E-state index contributed by atoms with van der Waals surface area (Å²) in [5.74, 6) is 0. The molecule has 0 bridgehead atoms. The predicted molar refractivity (Wildman–Crippen MR) is 52.5 cm³/mol. The molecule has 1 aromatic rings. The van der Waals surface area contributed by atoms with Gasteiger partial charge in [0.15, 0.2) is 0 Å². The van der Waals surface area contributed by atoms with Gasteiger partial charge >= 0.3 is 0 Å². The summed E-state index contributed by atoms with van der Waals surface area (Å²) in [5.41, 5.74) is 6.63. The first-order valence-corrected chi connectivity index (χ1v) is 5.13. The highest BCUT2D eigenvalue weighted by Crippen LogP contribution is 2.14. The molecule has 1 fully saturated rings. The Kier molecular flexibility index (Phi) is 2.72. The highest BCUT2D eigenvalue weighted by molar-refractivity contribution is 7.09. The van der Waals surface area contributed by atoms with Gasteiger partial charge in [0.2, 0.25) is 0 Å². The second-order valence-electron chi connectivity index (χ2n) is 3.11. The van der Waals surface area contributed by atoms with Gasteiger partial charge < -0.3 is 11.1 Å². The Labute approximate surface area is 81.1 Å². The second kappa shape index (κ2) is 3.99. The Bertz CT molecular complexity index is 268. The van der Waals surface area contributed by atoms with Crippen molar-refractivity contribution in [1.82, 2.24) is 19.8 Å². The highest BCUT2D eigenvalue weighted by atomic mass is 32.1. The van der Waals surface area contributed by atoms with Crippen LogP contribution in [0.1, 0.15) is 5.69 Å². The van der Waals surface area contributed by atoms with Crippen LogP contribution in [0.4, 0.5) is 5.00 Å². The van der Waals surface area contributed by atoms with Crippen molar-refractivity contribution in [1.29, 1.82) is 0 Å². The van der Waals surface area contributed by atoms with Crippen molar-refractivity contribution < 1.29 is 0 Å². The van der Waals surface area contributed by atoms with Gasteiger partial charge in [0.1, 0.15) is 10.7 Å². The van der Waals surface area contributed by atoms with E-state index in [4.69, 9.17) is 5.73 Å². The van der Waals surface area contributed by atoms with Crippen molar-refractivity contribution in [2.45, 2.75) is 6.54 Å². The van der Waals surface area contributed by atoms with Gasteiger partial charge in [-0.3, -0.25) is 4.90 Å². The van der Waals surface area contributed by atoms with Crippen molar-refractivity contribution in [2.75, 3.05) is 31.9 Å². The largest absolute Gasteiger partial charge is 0.388 e. The minimum atomic E-state index is 0.749. The van der Waals surface area contributed by atoms with Crippen LogP contribution in [-0.4, -0.2) is 40.7 Å². The number of piperazine rings is 1. The molecular formula is C7H13N5S. The molecule has 2 rings (SSSR count). The van der Waals surface area contributed by atoms with Gasteiger partial charge in [0.05, 0.1) is 0 Å². The third-order valence-electron chi connectivity index (χ3n) is 2.17. The summed E-state index contributed by atoms with van der Waals surface area (Å²) in [7, 11) is 0. The van der Waals surface area contributed by atoms with E-state index in [0.717, 1.165) is 43.4 Å². The summed E-state index contributed by atoms with van der Waals surface area (Å²) in [6.07, 6.45) is 0.